The van der Waals surface area contributed by atoms with E-state index in [1.54, 1.807) is 12.1 Å². The molecular formula is C16H17FO3. The molecule has 0 unspecified atom stereocenters. The number of benzene rings is 1. The summed E-state index contributed by atoms with van der Waals surface area (Å²) < 4.78 is 19.3. The average Bonchev–Trinajstić information content (AvgIpc) is 3.08. The topological polar surface area (TPSA) is 27.7 Å². The number of fused-ring (bicyclic) bond motifs is 1. The highest BCUT2D eigenvalue weighted by atomic mass is 19.1. The molecule has 0 aromatic heterocycles. The molecule has 4 heteroatoms. The van der Waals surface area contributed by atoms with Gasteiger partial charge in [0.1, 0.15) is 11.9 Å². The van der Waals surface area contributed by atoms with E-state index in [2.05, 4.69) is 0 Å². The van der Waals surface area contributed by atoms with E-state index in [1.165, 1.54) is 12.1 Å². The van der Waals surface area contributed by atoms with Gasteiger partial charge in [-0.1, -0.05) is 24.3 Å². The van der Waals surface area contributed by atoms with Gasteiger partial charge < -0.3 is 4.74 Å². The van der Waals surface area contributed by atoms with Crippen LogP contribution in [-0.4, -0.2) is 11.9 Å². The predicted octanol–water partition coefficient (Wildman–Crippen LogP) is 3.60. The van der Waals surface area contributed by atoms with Crippen LogP contribution in [0.4, 0.5) is 4.39 Å². The Labute approximate surface area is 117 Å². The second-order valence-corrected chi connectivity index (χ2v) is 5.85. The molecule has 4 rings (SSSR count). The van der Waals surface area contributed by atoms with Crippen LogP contribution in [0.3, 0.4) is 0 Å². The molecule has 20 heavy (non-hydrogen) atoms. The Morgan fingerprint density at radius 3 is 2.55 bits per heavy atom. The van der Waals surface area contributed by atoms with Crippen molar-refractivity contribution in [3.63, 3.8) is 0 Å². The molecule has 1 spiro atoms. The van der Waals surface area contributed by atoms with Gasteiger partial charge in [0, 0.05) is 19.3 Å². The Hall–Kier alpha value is -1.23. The summed E-state index contributed by atoms with van der Waals surface area (Å²) in [5.74, 6) is -0.833. The van der Waals surface area contributed by atoms with Crippen LogP contribution >= 0.6 is 0 Å². The van der Waals surface area contributed by atoms with Crippen LogP contribution in [0.25, 0.3) is 0 Å². The number of hydrogen-bond donors (Lipinski definition) is 0. The molecule has 0 N–H and O–H groups in total. The largest absolute Gasteiger partial charge is 0.336 e. The number of ether oxygens (including phenoxy) is 1. The van der Waals surface area contributed by atoms with E-state index in [0.717, 1.165) is 31.2 Å². The van der Waals surface area contributed by atoms with Crippen molar-refractivity contribution in [3.8, 4) is 0 Å². The van der Waals surface area contributed by atoms with Crippen LogP contribution in [0.15, 0.2) is 36.4 Å². The van der Waals surface area contributed by atoms with E-state index in [9.17, 15) is 4.39 Å². The van der Waals surface area contributed by atoms with Crippen molar-refractivity contribution < 1.29 is 18.9 Å². The summed E-state index contributed by atoms with van der Waals surface area (Å²) in [6.07, 6.45) is 8.54. The van der Waals surface area contributed by atoms with Crippen molar-refractivity contribution in [2.75, 3.05) is 0 Å². The maximum absolute atomic E-state index is 13.1. The van der Waals surface area contributed by atoms with Gasteiger partial charge in [-0.25, -0.2) is 14.2 Å². The van der Waals surface area contributed by atoms with Gasteiger partial charge in [-0.15, -0.1) is 0 Å². The van der Waals surface area contributed by atoms with E-state index >= 15 is 0 Å². The Kier molecular flexibility index (Phi) is 2.74. The summed E-state index contributed by atoms with van der Waals surface area (Å²) in [6.45, 7) is 0. The van der Waals surface area contributed by atoms with Crippen molar-refractivity contribution >= 4 is 0 Å². The third-order valence-electron chi connectivity index (χ3n) is 4.57. The van der Waals surface area contributed by atoms with Gasteiger partial charge in [-0.2, -0.15) is 0 Å². The first kappa shape index (κ1) is 12.5. The molecule has 1 aromatic carbocycles. The van der Waals surface area contributed by atoms with Crippen molar-refractivity contribution in [1.29, 1.82) is 0 Å². The molecule has 3 nitrogen and oxygen atoms in total. The smallest absolute Gasteiger partial charge is 0.202 e. The highest BCUT2D eigenvalue weighted by molar-refractivity contribution is 5.31. The maximum Gasteiger partial charge on any atom is 0.202 e. The Morgan fingerprint density at radius 2 is 1.80 bits per heavy atom. The second kappa shape index (κ2) is 4.38. The molecule has 1 aromatic rings. The second-order valence-electron chi connectivity index (χ2n) is 5.85. The van der Waals surface area contributed by atoms with Gasteiger partial charge in [0.15, 0.2) is 5.60 Å². The van der Waals surface area contributed by atoms with Crippen molar-refractivity contribution in [2.45, 2.75) is 49.6 Å². The zero-order chi connectivity index (χ0) is 13.6. The van der Waals surface area contributed by atoms with Crippen LogP contribution in [0.5, 0.6) is 0 Å². The van der Waals surface area contributed by atoms with E-state index in [1.807, 2.05) is 12.2 Å². The van der Waals surface area contributed by atoms with E-state index in [-0.39, 0.29) is 11.9 Å². The zero-order valence-electron chi connectivity index (χ0n) is 11.2. The molecule has 3 aliphatic rings. The summed E-state index contributed by atoms with van der Waals surface area (Å²) in [5.41, 5.74) is 0.225. The maximum atomic E-state index is 13.1. The molecule has 2 aliphatic carbocycles. The SMILES string of the molecule is Fc1ccc([C@]23CC=C[C@H]2OC2(CCCC2)OO3)cc1. The highest BCUT2D eigenvalue weighted by Gasteiger charge is 2.55. The fraction of sp³-hybridized carbons (Fsp3) is 0.500. The number of hydrogen-bond acceptors (Lipinski definition) is 3. The minimum atomic E-state index is -0.665. The molecular weight excluding hydrogens is 259 g/mol. The predicted molar refractivity (Wildman–Crippen MR) is 70.1 cm³/mol. The van der Waals surface area contributed by atoms with Crippen LogP contribution < -0.4 is 0 Å². The third-order valence-corrected chi connectivity index (χ3v) is 4.57. The summed E-state index contributed by atoms with van der Waals surface area (Å²) in [4.78, 5) is 11.5. The Balaban J connectivity index is 1.66. The van der Waals surface area contributed by atoms with Crippen molar-refractivity contribution in [1.82, 2.24) is 0 Å². The quantitative estimate of drug-likeness (QED) is 0.579. The lowest BCUT2D eigenvalue weighted by Gasteiger charge is -2.45. The van der Waals surface area contributed by atoms with Gasteiger partial charge in [0.25, 0.3) is 0 Å². The fourth-order valence-corrected chi connectivity index (χ4v) is 3.43. The van der Waals surface area contributed by atoms with Gasteiger partial charge in [-0.3, -0.25) is 0 Å². The molecule has 0 amide bonds. The minimum Gasteiger partial charge on any atom is -0.336 e. The van der Waals surface area contributed by atoms with Gasteiger partial charge in [-0.05, 0) is 30.5 Å². The lowest BCUT2D eigenvalue weighted by atomic mass is 9.88. The monoisotopic (exact) mass is 276 g/mol. The number of halogens is 1. The van der Waals surface area contributed by atoms with E-state index in [4.69, 9.17) is 14.5 Å². The molecule has 1 heterocycles. The normalized spacial score (nSPS) is 34.5. The minimum absolute atomic E-state index is 0.167. The number of rotatable bonds is 1. The molecule has 1 aliphatic heterocycles. The Bertz CT molecular complexity index is 533. The Morgan fingerprint density at radius 1 is 1.05 bits per heavy atom. The lowest BCUT2D eigenvalue weighted by molar-refractivity contribution is -0.524. The summed E-state index contributed by atoms with van der Waals surface area (Å²) in [7, 11) is 0. The van der Waals surface area contributed by atoms with E-state index in [0.29, 0.717) is 6.42 Å². The van der Waals surface area contributed by atoms with Gasteiger partial charge >= 0.3 is 0 Å². The van der Waals surface area contributed by atoms with Crippen LogP contribution in [-0.2, 0) is 20.1 Å². The average molecular weight is 276 g/mol. The first-order valence-corrected chi connectivity index (χ1v) is 7.20. The third kappa shape index (κ3) is 1.75. The van der Waals surface area contributed by atoms with Crippen molar-refractivity contribution in [3.05, 3.63) is 47.8 Å². The van der Waals surface area contributed by atoms with Gasteiger partial charge in [0.05, 0.1) is 0 Å². The molecule has 1 saturated carbocycles. The fourth-order valence-electron chi connectivity index (χ4n) is 3.43. The van der Waals surface area contributed by atoms with Crippen molar-refractivity contribution in [2.24, 2.45) is 0 Å². The first-order chi connectivity index (χ1) is 9.73. The summed E-state index contributed by atoms with van der Waals surface area (Å²) >= 11 is 0. The lowest BCUT2D eigenvalue weighted by Crippen LogP contribution is -2.53. The zero-order valence-corrected chi connectivity index (χ0v) is 11.2. The molecule has 2 fully saturated rings. The van der Waals surface area contributed by atoms with Crippen LogP contribution in [0, 0.1) is 5.82 Å². The van der Waals surface area contributed by atoms with E-state index < -0.39 is 11.4 Å². The van der Waals surface area contributed by atoms with Crippen LogP contribution in [0.1, 0.15) is 37.7 Å². The van der Waals surface area contributed by atoms with Gasteiger partial charge in [0.2, 0.25) is 5.79 Å². The molecule has 1 saturated heterocycles. The summed E-state index contributed by atoms with van der Waals surface area (Å²) in [5, 5.41) is 0. The molecule has 2 atom stereocenters. The molecule has 0 bridgehead atoms. The summed E-state index contributed by atoms with van der Waals surface area (Å²) in [6, 6.07) is 6.38. The standard InChI is InChI=1S/C16H17FO3/c17-13-7-5-12(6-8-13)16-11-3-4-14(16)18-15(19-20-16)9-1-2-10-15/h3-8,14H,1-2,9-11H2/t14-,16-/m1/s1. The molecule has 0 radical (unpaired) electrons. The molecule has 106 valence electrons. The van der Waals surface area contributed by atoms with Crippen LogP contribution in [0.2, 0.25) is 0 Å². The highest BCUT2D eigenvalue weighted by Crippen LogP contribution is 2.50. The first-order valence-electron chi connectivity index (χ1n) is 7.20.